The highest BCUT2D eigenvalue weighted by atomic mass is 15.2. The van der Waals surface area contributed by atoms with E-state index in [4.69, 9.17) is 4.11 Å². The molecule has 1 aliphatic rings. The minimum Gasteiger partial charge on any atom is -0.264 e. The molecule has 5 rings (SSSR count). The Hall–Kier alpha value is -2.69. The van der Waals surface area contributed by atoms with Gasteiger partial charge in [-0.1, -0.05) is 0 Å². The van der Waals surface area contributed by atoms with Crippen LogP contribution in [0.25, 0.3) is 33.5 Å². The number of aromatic nitrogens is 5. The molecule has 0 unspecified atom stereocenters. The molecule has 0 bridgehead atoms. The van der Waals surface area contributed by atoms with Crippen LogP contribution < -0.4 is 4.57 Å². The predicted octanol–water partition coefficient (Wildman–Crippen LogP) is 1.78. The maximum Gasteiger partial charge on any atom is 0.269 e. The molecule has 0 aliphatic carbocycles. The molecule has 5 heteroatoms. The molecule has 0 radical (unpaired) electrons. The van der Waals surface area contributed by atoms with E-state index in [1.165, 1.54) is 4.57 Å². The van der Waals surface area contributed by atoms with Crippen molar-refractivity contribution in [2.75, 3.05) is 0 Å². The van der Waals surface area contributed by atoms with Crippen LogP contribution >= 0.6 is 0 Å². The highest BCUT2D eigenvalue weighted by molar-refractivity contribution is 6.04. The number of fused-ring (bicyclic) bond motifs is 7. The summed E-state index contributed by atoms with van der Waals surface area (Å²) in [6.45, 7) is -1.65. The van der Waals surface area contributed by atoms with Crippen LogP contribution in [0.1, 0.15) is 9.68 Å². The third-order valence-electron chi connectivity index (χ3n) is 4.37. The highest BCUT2D eigenvalue weighted by Gasteiger charge is 2.34. The van der Waals surface area contributed by atoms with E-state index in [9.17, 15) is 0 Å². The molecule has 102 valence electrons. The van der Waals surface area contributed by atoms with Crippen molar-refractivity contribution in [1.82, 2.24) is 19.1 Å². The standard InChI is InChI=1S/C16H14N5/c1-19-13-8-18-6-4-12(13)14-16(19)20(2)15-11-3-5-17-7-10(11)9-21(14)15/h3-8H,9H2,1-2H3/q+1/i2D3. The molecule has 4 aromatic rings. The smallest absolute Gasteiger partial charge is 0.264 e. The van der Waals surface area contributed by atoms with Gasteiger partial charge in [0.1, 0.15) is 5.52 Å². The van der Waals surface area contributed by atoms with Crippen molar-refractivity contribution < 1.29 is 8.68 Å². The van der Waals surface area contributed by atoms with Crippen LogP contribution in [0, 0.1) is 0 Å². The number of hydrogen-bond donors (Lipinski definition) is 0. The van der Waals surface area contributed by atoms with Crippen molar-refractivity contribution in [2.24, 2.45) is 14.0 Å². The predicted molar refractivity (Wildman–Crippen MR) is 79.7 cm³/mol. The quantitative estimate of drug-likeness (QED) is 0.405. The topological polar surface area (TPSA) is 39.5 Å². The maximum atomic E-state index is 8.09. The van der Waals surface area contributed by atoms with Gasteiger partial charge in [0.15, 0.2) is 5.52 Å². The van der Waals surface area contributed by atoms with E-state index in [0.717, 1.165) is 27.5 Å². The van der Waals surface area contributed by atoms with Gasteiger partial charge in [0.25, 0.3) is 5.65 Å². The molecular formula is C16H14N5+. The van der Waals surface area contributed by atoms with Gasteiger partial charge < -0.3 is 0 Å². The first kappa shape index (κ1) is 8.56. The maximum absolute atomic E-state index is 8.09. The van der Waals surface area contributed by atoms with Crippen LogP contribution in [0.3, 0.4) is 0 Å². The molecule has 5 heterocycles. The van der Waals surface area contributed by atoms with Crippen LogP contribution in [0.5, 0.6) is 0 Å². The zero-order chi connectivity index (χ0) is 16.6. The SMILES string of the molecule is [2H]C([2H])([2H])[n+]1c2n(c3c4ccncc4n(C)c31)Cc1cnccc1-2. The van der Waals surface area contributed by atoms with Crippen LogP contribution in [0.4, 0.5) is 0 Å². The van der Waals surface area contributed by atoms with Gasteiger partial charge >= 0.3 is 0 Å². The normalized spacial score (nSPS) is 15.8. The van der Waals surface area contributed by atoms with E-state index in [1.54, 1.807) is 18.6 Å². The fourth-order valence-corrected chi connectivity index (χ4v) is 3.46. The molecule has 0 spiro atoms. The summed E-state index contributed by atoms with van der Waals surface area (Å²) in [6.07, 6.45) is 7.03. The Kier molecular flexibility index (Phi) is 1.42. The Morgan fingerprint density at radius 1 is 1.24 bits per heavy atom. The molecule has 21 heavy (non-hydrogen) atoms. The van der Waals surface area contributed by atoms with Gasteiger partial charge in [-0.15, -0.1) is 0 Å². The van der Waals surface area contributed by atoms with Gasteiger partial charge in [-0.2, -0.15) is 0 Å². The number of nitrogens with zero attached hydrogens (tertiary/aromatic N) is 5. The summed E-state index contributed by atoms with van der Waals surface area (Å²) < 4.78 is 29.7. The summed E-state index contributed by atoms with van der Waals surface area (Å²) >= 11 is 0. The van der Waals surface area contributed by atoms with Gasteiger partial charge in [-0.25, -0.2) is 9.13 Å². The lowest BCUT2D eigenvalue weighted by Gasteiger charge is -1.98. The zero-order valence-corrected chi connectivity index (χ0v) is 11.4. The molecule has 0 saturated heterocycles. The van der Waals surface area contributed by atoms with E-state index in [1.807, 2.05) is 29.9 Å². The van der Waals surface area contributed by atoms with Gasteiger partial charge in [0.05, 0.1) is 41.8 Å². The Bertz CT molecular complexity index is 1140. The number of rotatable bonds is 0. The second-order valence-electron chi connectivity index (χ2n) is 5.40. The third kappa shape index (κ3) is 1.15. The van der Waals surface area contributed by atoms with E-state index in [2.05, 4.69) is 14.5 Å². The minimum atomic E-state index is -2.28. The van der Waals surface area contributed by atoms with E-state index >= 15 is 0 Å². The largest absolute Gasteiger partial charge is 0.269 e. The second-order valence-corrected chi connectivity index (χ2v) is 5.40. The summed E-state index contributed by atoms with van der Waals surface area (Å²) in [6, 6.07) is 3.83. The van der Waals surface area contributed by atoms with Gasteiger partial charge in [-0.3, -0.25) is 14.5 Å². The molecular weight excluding hydrogens is 262 g/mol. The van der Waals surface area contributed by atoms with Gasteiger partial charge in [0, 0.05) is 24.2 Å². The lowest BCUT2D eigenvalue weighted by Crippen LogP contribution is -2.31. The number of pyridine rings is 2. The van der Waals surface area contributed by atoms with Gasteiger partial charge in [-0.05, 0) is 12.1 Å². The van der Waals surface area contributed by atoms with E-state index < -0.39 is 6.98 Å². The third-order valence-corrected chi connectivity index (χ3v) is 4.37. The van der Waals surface area contributed by atoms with Crippen LogP contribution in [-0.4, -0.2) is 19.1 Å². The second kappa shape index (κ2) is 3.49. The lowest BCUT2D eigenvalue weighted by atomic mass is 10.2. The van der Waals surface area contributed by atoms with Crippen molar-refractivity contribution in [3.8, 4) is 11.4 Å². The highest BCUT2D eigenvalue weighted by Crippen LogP contribution is 2.36. The molecule has 0 N–H and O–H groups in total. The summed E-state index contributed by atoms with van der Waals surface area (Å²) in [5.41, 5.74) is 4.51. The number of imidazole rings is 1. The first-order valence-corrected chi connectivity index (χ1v) is 6.79. The van der Waals surface area contributed by atoms with Crippen molar-refractivity contribution in [3.63, 3.8) is 0 Å². The van der Waals surface area contributed by atoms with Crippen LogP contribution in [0.2, 0.25) is 0 Å². The first-order chi connectivity index (χ1) is 11.5. The fourth-order valence-electron chi connectivity index (χ4n) is 3.46. The van der Waals surface area contributed by atoms with E-state index in [-0.39, 0.29) is 0 Å². The number of hydrogen-bond acceptors (Lipinski definition) is 2. The molecule has 0 aromatic carbocycles. The van der Waals surface area contributed by atoms with Crippen LogP contribution in [0.15, 0.2) is 36.9 Å². The molecule has 4 aromatic heterocycles. The van der Waals surface area contributed by atoms with Crippen molar-refractivity contribution >= 4 is 22.1 Å². The summed E-state index contributed by atoms with van der Waals surface area (Å²) in [5, 5.41) is 1.01. The Labute approximate surface area is 125 Å². The van der Waals surface area contributed by atoms with Crippen molar-refractivity contribution in [2.45, 2.75) is 6.54 Å². The average Bonchev–Trinajstić information content (AvgIpc) is 3.15. The Morgan fingerprint density at radius 3 is 3.00 bits per heavy atom. The minimum absolute atomic E-state index is 0.625. The molecule has 1 aliphatic heterocycles. The molecule has 0 atom stereocenters. The summed E-state index contributed by atoms with van der Waals surface area (Å²) in [4.78, 5) is 8.36. The first-order valence-electron chi connectivity index (χ1n) is 8.29. The van der Waals surface area contributed by atoms with Gasteiger partial charge in [0.2, 0.25) is 5.82 Å². The fraction of sp³-hybridized carbons (Fsp3) is 0.188. The summed E-state index contributed by atoms with van der Waals surface area (Å²) in [7, 11) is 1.89. The Morgan fingerprint density at radius 2 is 2.10 bits per heavy atom. The van der Waals surface area contributed by atoms with Crippen molar-refractivity contribution in [3.05, 3.63) is 42.5 Å². The lowest BCUT2D eigenvalue weighted by molar-refractivity contribution is -0.636. The molecule has 0 amide bonds. The molecule has 5 nitrogen and oxygen atoms in total. The van der Waals surface area contributed by atoms with E-state index in [0.29, 0.717) is 18.0 Å². The molecule has 0 fully saturated rings. The number of aryl methyl sites for hydroxylation is 2. The monoisotopic (exact) mass is 279 g/mol. The van der Waals surface area contributed by atoms with Crippen LogP contribution in [-0.2, 0) is 20.6 Å². The Balaban J connectivity index is 2.05. The zero-order valence-electron chi connectivity index (χ0n) is 14.4. The molecule has 0 saturated carbocycles. The van der Waals surface area contributed by atoms with Crippen molar-refractivity contribution in [1.29, 1.82) is 0 Å². The average molecular weight is 279 g/mol. The summed E-state index contributed by atoms with van der Waals surface area (Å²) in [5.74, 6) is 0.715.